The molecule has 0 fully saturated rings. The SMILES string of the molecule is CCc1ccc(CO)c(OCC(C)(C)O)c1. The fourth-order valence-electron chi connectivity index (χ4n) is 1.34. The fraction of sp³-hybridized carbons (Fsp3) is 0.538. The molecule has 1 aromatic rings. The lowest BCUT2D eigenvalue weighted by Gasteiger charge is -2.19. The van der Waals surface area contributed by atoms with Crippen LogP contribution in [0.3, 0.4) is 0 Å². The highest BCUT2D eigenvalue weighted by atomic mass is 16.5. The molecule has 0 unspecified atom stereocenters. The van der Waals surface area contributed by atoms with Crippen LogP contribution in [0.4, 0.5) is 0 Å². The Labute approximate surface area is 96.7 Å². The summed E-state index contributed by atoms with van der Waals surface area (Å²) in [4.78, 5) is 0. The topological polar surface area (TPSA) is 49.7 Å². The molecule has 0 bridgehead atoms. The number of aliphatic hydroxyl groups is 2. The summed E-state index contributed by atoms with van der Waals surface area (Å²) in [5.41, 5.74) is 1.04. The van der Waals surface area contributed by atoms with Crippen molar-refractivity contribution in [3.8, 4) is 5.75 Å². The molecule has 0 aromatic heterocycles. The maximum absolute atomic E-state index is 9.58. The van der Waals surface area contributed by atoms with E-state index in [1.54, 1.807) is 13.8 Å². The molecular weight excluding hydrogens is 204 g/mol. The maximum Gasteiger partial charge on any atom is 0.125 e. The van der Waals surface area contributed by atoms with E-state index < -0.39 is 5.60 Å². The van der Waals surface area contributed by atoms with Gasteiger partial charge in [-0.25, -0.2) is 0 Å². The Morgan fingerprint density at radius 3 is 2.50 bits per heavy atom. The molecule has 90 valence electrons. The Kier molecular flexibility index (Phi) is 4.33. The van der Waals surface area contributed by atoms with Crippen LogP contribution in [0.5, 0.6) is 5.75 Å². The third kappa shape index (κ3) is 3.83. The van der Waals surface area contributed by atoms with Crippen LogP contribution in [0.1, 0.15) is 31.9 Å². The minimum atomic E-state index is -0.866. The van der Waals surface area contributed by atoms with Gasteiger partial charge in [-0.15, -0.1) is 0 Å². The van der Waals surface area contributed by atoms with Crippen molar-refractivity contribution in [1.29, 1.82) is 0 Å². The van der Waals surface area contributed by atoms with Gasteiger partial charge in [-0.2, -0.15) is 0 Å². The first-order chi connectivity index (χ1) is 7.46. The number of ether oxygens (including phenoxy) is 1. The zero-order valence-corrected chi connectivity index (χ0v) is 10.2. The first-order valence-corrected chi connectivity index (χ1v) is 5.54. The van der Waals surface area contributed by atoms with Crippen molar-refractivity contribution in [1.82, 2.24) is 0 Å². The molecule has 0 aliphatic rings. The summed E-state index contributed by atoms with van der Waals surface area (Å²) in [5.74, 6) is 0.656. The van der Waals surface area contributed by atoms with Crippen molar-refractivity contribution in [2.24, 2.45) is 0 Å². The van der Waals surface area contributed by atoms with Crippen molar-refractivity contribution in [2.75, 3.05) is 6.61 Å². The summed E-state index contributed by atoms with van der Waals surface area (Å²) in [6.07, 6.45) is 0.921. The molecule has 16 heavy (non-hydrogen) atoms. The molecule has 0 radical (unpaired) electrons. The monoisotopic (exact) mass is 224 g/mol. The zero-order chi connectivity index (χ0) is 12.2. The van der Waals surface area contributed by atoms with E-state index in [0.29, 0.717) is 5.75 Å². The Morgan fingerprint density at radius 2 is 2.00 bits per heavy atom. The molecule has 1 rings (SSSR count). The van der Waals surface area contributed by atoms with Crippen molar-refractivity contribution in [3.63, 3.8) is 0 Å². The van der Waals surface area contributed by atoms with E-state index in [1.165, 1.54) is 0 Å². The smallest absolute Gasteiger partial charge is 0.125 e. The summed E-state index contributed by atoms with van der Waals surface area (Å²) in [5, 5.41) is 18.8. The second kappa shape index (κ2) is 5.32. The third-order valence-electron chi connectivity index (χ3n) is 2.29. The van der Waals surface area contributed by atoms with Crippen molar-refractivity contribution in [2.45, 2.75) is 39.4 Å². The first-order valence-electron chi connectivity index (χ1n) is 5.54. The van der Waals surface area contributed by atoms with Gasteiger partial charge < -0.3 is 14.9 Å². The van der Waals surface area contributed by atoms with Gasteiger partial charge in [0.25, 0.3) is 0 Å². The molecule has 0 amide bonds. The lowest BCUT2D eigenvalue weighted by Crippen LogP contribution is -2.28. The van der Waals surface area contributed by atoms with Gasteiger partial charge in [0.2, 0.25) is 0 Å². The predicted molar refractivity (Wildman–Crippen MR) is 63.5 cm³/mol. The minimum absolute atomic E-state index is 0.0504. The number of rotatable bonds is 5. The molecular formula is C13H20O3. The van der Waals surface area contributed by atoms with Crippen LogP contribution in [-0.4, -0.2) is 22.4 Å². The summed E-state index contributed by atoms with van der Waals surface area (Å²) < 4.78 is 5.52. The second-order valence-electron chi connectivity index (χ2n) is 4.55. The number of hydrogen-bond acceptors (Lipinski definition) is 3. The van der Waals surface area contributed by atoms with Crippen LogP contribution in [0.15, 0.2) is 18.2 Å². The van der Waals surface area contributed by atoms with E-state index in [-0.39, 0.29) is 13.2 Å². The number of aliphatic hydroxyl groups excluding tert-OH is 1. The normalized spacial score (nSPS) is 11.6. The van der Waals surface area contributed by atoms with Gasteiger partial charge in [0.05, 0.1) is 12.2 Å². The molecule has 2 N–H and O–H groups in total. The summed E-state index contributed by atoms with van der Waals surface area (Å²) in [6, 6.07) is 5.75. The van der Waals surface area contributed by atoms with E-state index in [4.69, 9.17) is 9.84 Å². The summed E-state index contributed by atoms with van der Waals surface area (Å²) in [6.45, 7) is 5.61. The highest BCUT2D eigenvalue weighted by molar-refractivity contribution is 5.37. The largest absolute Gasteiger partial charge is 0.490 e. The van der Waals surface area contributed by atoms with Crippen molar-refractivity contribution in [3.05, 3.63) is 29.3 Å². The molecule has 0 saturated heterocycles. The predicted octanol–water partition coefficient (Wildman–Crippen LogP) is 1.89. The molecule has 0 spiro atoms. The molecule has 0 aliphatic carbocycles. The minimum Gasteiger partial charge on any atom is -0.490 e. The Hall–Kier alpha value is -1.06. The third-order valence-corrected chi connectivity index (χ3v) is 2.29. The highest BCUT2D eigenvalue weighted by Gasteiger charge is 2.14. The van der Waals surface area contributed by atoms with Gasteiger partial charge in [0.15, 0.2) is 0 Å². The fourth-order valence-corrected chi connectivity index (χ4v) is 1.34. The summed E-state index contributed by atoms with van der Waals surface area (Å²) >= 11 is 0. The zero-order valence-electron chi connectivity index (χ0n) is 10.2. The van der Waals surface area contributed by atoms with E-state index in [2.05, 4.69) is 6.92 Å². The lowest BCUT2D eigenvalue weighted by molar-refractivity contribution is 0.0277. The van der Waals surface area contributed by atoms with Gasteiger partial charge in [-0.3, -0.25) is 0 Å². The van der Waals surface area contributed by atoms with Crippen molar-refractivity contribution < 1.29 is 14.9 Å². The van der Waals surface area contributed by atoms with E-state index in [0.717, 1.165) is 17.5 Å². The highest BCUT2D eigenvalue weighted by Crippen LogP contribution is 2.22. The Bertz CT molecular complexity index is 340. The van der Waals surface area contributed by atoms with Crippen LogP contribution in [0.2, 0.25) is 0 Å². The quantitative estimate of drug-likeness (QED) is 0.803. The first kappa shape index (κ1) is 13.0. The Morgan fingerprint density at radius 1 is 1.31 bits per heavy atom. The average molecular weight is 224 g/mol. The Balaban J connectivity index is 2.83. The standard InChI is InChI=1S/C13H20O3/c1-4-10-5-6-11(8-14)12(7-10)16-9-13(2,3)15/h5-7,14-15H,4,8-9H2,1-3H3. The van der Waals surface area contributed by atoms with Gasteiger partial charge in [-0.1, -0.05) is 19.1 Å². The molecule has 0 atom stereocenters. The van der Waals surface area contributed by atoms with Crippen molar-refractivity contribution >= 4 is 0 Å². The molecule has 3 heteroatoms. The molecule has 0 heterocycles. The van der Waals surface area contributed by atoms with Crippen LogP contribution >= 0.6 is 0 Å². The maximum atomic E-state index is 9.58. The summed E-state index contributed by atoms with van der Waals surface area (Å²) in [7, 11) is 0. The van der Waals surface area contributed by atoms with Crippen LogP contribution < -0.4 is 4.74 Å². The number of aryl methyl sites for hydroxylation is 1. The van der Waals surface area contributed by atoms with Gasteiger partial charge in [-0.05, 0) is 31.9 Å². The van der Waals surface area contributed by atoms with E-state index in [9.17, 15) is 5.11 Å². The van der Waals surface area contributed by atoms with Gasteiger partial charge in [0, 0.05) is 5.56 Å². The van der Waals surface area contributed by atoms with E-state index in [1.807, 2.05) is 18.2 Å². The number of hydrogen-bond donors (Lipinski definition) is 2. The van der Waals surface area contributed by atoms with Crippen LogP contribution in [0.25, 0.3) is 0 Å². The van der Waals surface area contributed by atoms with Gasteiger partial charge in [0.1, 0.15) is 12.4 Å². The molecule has 1 aromatic carbocycles. The number of benzene rings is 1. The lowest BCUT2D eigenvalue weighted by atomic mass is 10.1. The average Bonchev–Trinajstić information content (AvgIpc) is 2.25. The van der Waals surface area contributed by atoms with Crippen LogP contribution in [0, 0.1) is 0 Å². The van der Waals surface area contributed by atoms with Crippen LogP contribution in [-0.2, 0) is 13.0 Å². The second-order valence-corrected chi connectivity index (χ2v) is 4.55. The molecule has 0 aliphatic heterocycles. The molecule has 0 saturated carbocycles. The van der Waals surface area contributed by atoms with Gasteiger partial charge >= 0.3 is 0 Å². The van der Waals surface area contributed by atoms with E-state index >= 15 is 0 Å². The molecule has 3 nitrogen and oxygen atoms in total.